The van der Waals surface area contributed by atoms with Crippen LogP contribution in [-0.4, -0.2) is 35.9 Å². The molecule has 134 valence electrons. The van der Waals surface area contributed by atoms with Crippen LogP contribution in [-0.2, 0) is 4.74 Å². The Morgan fingerprint density at radius 3 is 2.69 bits per heavy atom. The zero-order valence-electron chi connectivity index (χ0n) is 14.3. The molecule has 0 radical (unpaired) electrons. The number of hydrogen-bond acceptors (Lipinski definition) is 5. The number of carbonyl (C=O) groups excluding carboxylic acids is 3. The van der Waals surface area contributed by atoms with Gasteiger partial charge in [0.1, 0.15) is 5.69 Å². The van der Waals surface area contributed by atoms with Crippen molar-refractivity contribution in [1.29, 1.82) is 0 Å². The second-order valence-corrected chi connectivity index (χ2v) is 5.15. The number of ether oxygens (including phenoxy) is 1. The Kier molecular flexibility index (Phi) is 6.61. The maximum absolute atomic E-state index is 12.5. The number of aromatic nitrogens is 1. The molecule has 0 bridgehead atoms. The van der Waals surface area contributed by atoms with E-state index in [0.29, 0.717) is 17.8 Å². The molecule has 0 atom stereocenters. The number of anilines is 1. The number of nitrogens with one attached hydrogen (secondary N) is 2. The summed E-state index contributed by atoms with van der Waals surface area (Å²) in [7, 11) is 0. The normalized spacial score (nSPS) is 9.88. The average Bonchev–Trinajstić information content (AvgIpc) is 2.66. The van der Waals surface area contributed by atoms with Crippen molar-refractivity contribution in [1.82, 2.24) is 10.3 Å². The number of nitrogens with zero attached hydrogens (tertiary/aromatic N) is 1. The number of amides is 2. The Morgan fingerprint density at radius 2 is 1.96 bits per heavy atom. The maximum atomic E-state index is 12.5. The molecule has 0 unspecified atom stereocenters. The minimum absolute atomic E-state index is 0.0508. The number of pyridine rings is 1. The minimum Gasteiger partial charge on any atom is -0.462 e. The van der Waals surface area contributed by atoms with E-state index in [2.05, 4.69) is 22.2 Å². The minimum atomic E-state index is -0.542. The third-order valence-corrected chi connectivity index (χ3v) is 3.33. The van der Waals surface area contributed by atoms with E-state index >= 15 is 0 Å². The first-order valence-corrected chi connectivity index (χ1v) is 7.99. The second kappa shape index (κ2) is 9.12. The first kappa shape index (κ1) is 18.9. The third-order valence-electron chi connectivity index (χ3n) is 3.33. The number of hydrogen-bond donors (Lipinski definition) is 2. The summed E-state index contributed by atoms with van der Waals surface area (Å²) in [5, 5.41) is 5.25. The summed E-state index contributed by atoms with van der Waals surface area (Å²) in [4.78, 5) is 40.4. The Morgan fingerprint density at radius 1 is 1.19 bits per heavy atom. The fourth-order valence-electron chi connectivity index (χ4n) is 2.13. The molecule has 1 heterocycles. The molecule has 0 spiro atoms. The van der Waals surface area contributed by atoms with Crippen LogP contribution in [0.15, 0.2) is 55.3 Å². The smallest absolute Gasteiger partial charge is 0.340 e. The van der Waals surface area contributed by atoms with Crippen LogP contribution in [0.2, 0.25) is 0 Å². The van der Waals surface area contributed by atoms with Crippen LogP contribution in [0.5, 0.6) is 0 Å². The fraction of sp³-hybridized carbons (Fsp3) is 0.158. The molecule has 0 fully saturated rings. The van der Waals surface area contributed by atoms with Gasteiger partial charge in [-0.3, -0.25) is 14.6 Å². The highest BCUT2D eigenvalue weighted by Gasteiger charge is 2.16. The van der Waals surface area contributed by atoms with E-state index in [4.69, 9.17) is 4.74 Å². The van der Waals surface area contributed by atoms with E-state index < -0.39 is 11.9 Å². The molecule has 7 nitrogen and oxygen atoms in total. The van der Waals surface area contributed by atoms with Gasteiger partial charge in [0.05, 0.1) is 17.9 Å². The van der Waals surface area contributed by atoms with Crippen molar-refractivity contribution in [3.05, 3.63) is 72.1 Å². The summed E-state index contributed by atoms with van der Waals surface area (Å²) in [6, 6.07) is 9.38. The van der Waals surface area contributed by atoms with Crippen LogP contribution < -0.4 is 10.6 Å². The van der Waals surface area contributed by atoms with Crippen molar-refractivity contribution in [3.8, 4) is 0 Å². The molecule has 2 rings (SSSR count). The summed E-state index contributed by atoms with van der Waals surface area (Å²) >= 11 is 0. The lowest BCUT2D eigenvalue weighted by Gasteiger charge is -2.10. The highest BCUT2D eigenvalue weighted by molar-refractivity contribution is 6.08. The van der Waals surface area contributed by atoms with Crippen molar-refractivity contribution >= 4 is 23.5 Å². The topological polar surface area (TPSA) is 97.4 Å². The third kappa shape index (κ3) is 4.76. The molecule has 26 heavy (non-hydrogen) atoms. The quantitative estimate of drug-likeness (QED) is 0.588. The van der Waals surface area contributed by atoms with Gasteiger partial charge in [-0.2, -0.15) is 0 Å². The van der Waals surface area contributed by atoms with Crippen LogP contribution in [0.25, 0.3) is 0 Å². The second-order valence-electron chi connectivity index (χ2n) is 5.15. The van der Waals surface area contributed by atoms with E-state index in [9.17, 15) is 14.4 Å². The van der Waals surface area contributed by atoms with Gasteiger partial charge in [0.25, 0.3) is 11.8 Å². The predicted molar refractivity (Wildman–Crippen MR) is 97.1 cm³/mol. The monoisotopic (exact) mass is 353 g/mol. The molecule has 2 aromatic rings. The van der Waals surface area contributed by atoms with E-state index in [0.717, 1.165) is 0 Å². The van der Waals surface area contributed by atoms with Gasteiger partial charge in [-0.15, -0.1) is 6.58 Å². The van der Waals surface area contributed by atoms with Crippen molar-refractivity contribution in [2.24, 2.45) is 0 Å². The molecule has 2 amide bonds. The van der Waals surface area contributed by atoms with Gasteiger partial charge in [0.2, 0.25) is 0 Å². The summed E-state index contributed by atoms with van der Waals surface area (Å²) < 4.78 is 4.98. The SMILES string of the molecule is C=CCNC(=O)c1ccnc(C(=O)Nc2ccccc2C(=O)OCC)c1. The Hall–Kier alpha value is -3.48. The lowest BCUT2D eigenvalue weighted by Crippen LogP contribution is -2.24. The molecule has 0 aliphatic heterocycles. The first-order chi connectivity index (χ1) is 12.6. The van der Waals surface area contributed by atoms with Crippen LogP contribution in [0.3, 0.4) is 0 Å². The van der Waals surface area contributed by atoms with E-state index in [-0.39, 0.29) is 23.8 Å². The van der Waals surface area contributed by atoms with Gasteiger partial charge in [-0.05, 0) is 31.2 Å². The molecule has 0 aliphatic rings. The summed E-state index contributed by atoms with van der Waals surface area (Å²) in [5.41, 5.74) is 0.891. The summed E-state index contributed by atoms with van der Waals surface area (Å²) in [5.74, 6) is -1.41. The van der Waals surface area contributed by atoms with Gasteiger partial charge < -0.3 is 15.4 Å². The molecule has 7 heteroatoms. The predicted octanol–water partition coefficient (Wildman–Crippen LogP) is 2.43. The number of para-hydroxylation sites is 1. The van der Waals surface area contributed by atoms with Crippen molar-refractivity contribution in [3.63, 3.8) is 0 Å². The van der Waals surface area contributed by atoms with E-state index in [1.54, 1.807) is 37.3 Å². The summed E-state index contributed by atoms with van der Waals surface area (Å²) in [6.45, 7) is 5.77. The molecule has 1 aromatic heterocycles. The van der Waals surface area contributed by atoms with Crippen LogP contribution in [0.1, 0.15) is 38.1 Å². The Balaban J connectivity index is 2.20. The number of rotatable bonds is 7. The molecule has 0 aliphatic carbocycles. The van der Waals surface area contributed by atoms with Gasteiger partial charge >= 0.3 is 5.97 Å². The lowest BCUT2D eigenvalue weighted by atomic mass is 10.1. The largest absolute Gasteiger partial charge is 0.462 e. The molecular weight excluding hydrogens is 334 g/mol. The standard InChI is InChI=1S/C19H19N3O4/c1-3-10-21-17(23)13-9-11-20-16(12-13)18(24)22-15-8-6-5-7-14(15)19(25)26-4-2/h3,5-9,11-12H,1,4,10H2,2H3,(H,21,23)(H,22,24). The first-order valence-electron chi connectivity index (χ1n) is 7.99. The molecule has 2 N–H and O–H groups in total. The van der Waals surface area contributed by atoms with Crippen LogP contribution >= 0.6 is 0 Å². The summed E-state index contributed by atoms with van der Waals surface area (Å²) in [6.07, 6.45) is 2.92. The molecule has 0 saturated carbocycles. The zero-order valence-corrected chi connectivity index (χ0v) is 14.3. The Bertz CT molecular complexity index is 833. The van der Waals surface area contributed by atoms with Crippen LogP contribution in [0, 0.1) is 0 Å². The van der Waals surface area contributed by atoms with Gasteiger partial charge in [0.15, 0.2) is 0 Å². The fourth-order valence-corrected chi connectivity index (χ4v) is 2.13. The Labute approximate surface area is 151 Å². The molecular formula is C19H19N3O4. The van der Waals surface area contributed by atoms with Crippen LogP contribution in [0.4, 0.5) is 5.69 Å². The number of carbonyl (C=O) groups is 3. The highest BCUT2D eigenvalue weighted by atomic mass is 16.5. The van der Waals surface area contributed by atoms with E-state index in [1.807, 2.05) is 0 Å². The highest BCUT2D eigenvalue weighted by Crippen LogP contribution is 2.17. The van der Waals surface area contributed by atoms with Crippen molar-refractivity contribution in [2.45, 2.75) is 6.92 Å². The van der Waals surface area contributed by atoms with Crippen molar-refractivity contribution in [2.75, 3.05) is 18.5 Å². The van der Waals surface area contributed by atoms with Crippen molar-refractivity contribution < 1.29 is 19.1 Å². The lowest BCUT2D eigenvalue weighted by molar-refractivity contribution is 0.0527. The average molecular weight is 353 g/mol. The zero-order chi connectivity index (χ0) is 18.9. The maximum Gasteiger partial charge on any atom is 0.340 e. The molecule has 1 aromatic carbocycles. The van der Waals surface area contributed by atoms with E-state index in [1.165, 1.54) is 18.3 Å². The number of benzene rings is 1. The number of esters is 1. The van der Waals surface area contributed by atoms with Gasteiger partial charge in [-0.1, -0.05) is 18.2 Å². The van der Waals surface area contributed by atoms with Gasteiger partial charge in [-0.25, -0.2) is 4.79 Å². The molecule has 0 saturated heterocycles. The van der Waals surface area contributed by atoms with Gasteiger partial charge in [0, 0.05) is 18.3 Å².